The number of benzene rings is 1. The summed E-state index contributed by atoms with van der Waals surface area (Å²) in [7, 11) is 1.95. The molecule has 0 unspecified atom stereocenters. The third-order valence-corrected chi connectivity index (χ3v) is 3.77. The predicted molar refractivity (Wildman–Crippen MR) is 78.4 cm³/mol. The fourth-order valence-corrected chi connectivity index (χ4v) is 2.58. The van der Waals surface area contributed by atoms with E-state index < -0.39 is 0 Å². The van der Waals surface area contributed by atoms with Gasteiger partial charge in [0.15, 0.2) is 0 Å². The van der Waals surface area contributed by atoms with Crippen LogP contribution in [0, 0.1) is 5.82 Å². The van der Waals surface area contributed by atoms with Crippen molar-refractivity contribution in [3.63, 3.8) is 0 Å². The molecule has 0 amide bonds. The van der Waals surface area contributed by atoms with Crippen LogP contribution in [0.15, 0.2) is 30.6 Å². The molecular weight excluding hydrogens is 255 g/mol. The van der Waals surface area contributed by atoms with Crippen LogP contribution < -0.4 is 10.2 Å². The van der Waals surface area contributed by atoms with Crippen molar-refractivity contribution in [2.45, 2.75) is 19.4 Å². The van der Waals surface area contributed by atoms with E-state index in [2.05, 4.69) is 15.2 Å². The van der Waals surface area contributed by atoms with Gasteiger partial charge in [-0.05, 0) is 31.0 Å². The molecular formula is C15H19FN4. The van der Waals surface area contributed by atoms with Gasteiger partial charge >= 0.3 is 0 Å². The zero-order valence-corrected chi connectivity index (χ0v) is 11.6. The number of anilines is 2. The smallest absolute Gasteiger partial charge is 0.148 e. The first-order valence-corrected chi connectivity index (χ1v) is 6.98. The molecule has 1 fully saturated rings. The minimum absolute atomic E-state index is 0.156. The van der Waals surface area contributed by atoms with E-state index in [1.54, 1.807) is 12.3 Å². The summed E-state index contributed by atoms with van der Waals surface area (Å²) in [6.45, 7) is 2.50. The molecule has 0 radical (unpaired) electrons. The van der Waals surface area contributed by atoms with E-state index in [1.165, 1.54) is 0 Å². The molecule has 1 N–H and O–H groups in total. The van der Waals surface area contributed by atoms with E-state index in [1.807, 2.05) is 29.9 Å². The lowest BCUT2D eigenvalue weighted by Gasteiger charge is -2.19. The van der Waals surface area contributed by atoms with Gasteiger partial charge in [0.2, 0.25) is 0 Å². The lowest BCUT2D eigenvalue weighted by Crippen LogP contribution is -2.19. The predicted octanol–water partition coefficient (Wildman–Crippen LogP) is 2.77. The number of nitrogens with one attached hydrogen (secondary N) is 1. The van der Waals surface area contributed by atoms with Crippen molar-refractivity contribution in [1.29, 1.82) is 0 Å². The molecule has 3 rings (SSSR count). The van der Waals surface area contributed by atoms with Gasteiger partial charge in [0.1, 0.15) is 11.6 Å². The molecule has 1 aromatic carbocycles. The highest BCUT2D eigenvalue weighted by molar-refractivity contribution is 5.56. The summed E-state index contributed by atoms with van der Waals surface area (Å²) in [5.41, 5.74) is 1.50. The van der Waals surface area contributed by atoms with E-state index in [9.17, 15) is 4.39 Å². The Balaban J connectivity index is 1.69. The summed E-state index contributed by atoms with van der Waals surface area (Å²) in [5, 5.41) is 3.20. The average Bonchev–Trinajstić information content (AvgIpc) is 3.08. The number of halogens is 1. The lowest BCUT2D eigenvalue weighted by atomic mass is 10.2. The molecule has 5 heteroatoms. The van der Waals surface area contributed by atoms with Crippen molar-refractivity contribution in [3.05, 3.63) is 42.2 Å². The molecule has 2 aromatic rings. The number of hydrogen-bond donors (Lipinski definition) is 1. The van der Waals surface area contributed by atoms with E-state index in [0.717, 1.165) is 37.4 Å². The number of aryl methyl sites for hydroxylation is 1. The summed E-state index contributed by atoms with van der Waals surface area (Å²) in [5.74, 6) is 0.769. The quantitative estimate of drug-likeness (QED) is 0.930. The number of rotatable bonds is 4. The summed E-state index contributed by atoms with van der Waals surface area (Å²) in [6, 6.07) is 5.36. The average molecular weight is 274 g/mol. The first kappa shape index (κ1) is 13.0. The van der Waals surface area contributed by atoms with E-state index in [0.29, 0.717) is 12.2 Å². The minimum atomic E-state index is -0.156. The molecule has 20 heavy (non-hydrogen) atoms. The zero-order chi connectivity index (χ0) is 13.9. The second-order valence-corrected chi connectivity index (χ2v) is 5.17. The molecule has 0 aliphatic carbocycles. The zero-order valence-electron chi connectivity index (χ0n) is 11.6. The van der Waals surface area contributed by atoms with Crippen molar-refractivity contribution in [3.8, 4) is 0 Å². The van der Waals surface area contributed by atoms with Crippen LogP contribution >= 0.6 is 0 Å². The Morgan fingerprint density at radius 1 is 1.30 bits per heavy atom. The van der Waals surface area contributed by atoms with E-state index >= 15 is 0 Å². The first-order chi connectivity index (χ1) is 9.74. The number of hydrogen-bond acceptors (Lipinski definition) is 3. The maximum absolute atomic E-state index is 14.1. The molecule has 2 heterocycles. The van der Waals surface area contributed by atoms with Gasteiger partial charge in [-0.3, -0.25) is 0 Å². The van der Waals surface area contributed by atoms with Gasteiger partial charge in [0, 0.05) is 38.2 Å². The van der Waals surface area contributed by atoms with Crippen LogP contribution in [0.3, 0.4) is 0 Å². The summed E-state index contributed by atoms with van der Waals surface area (Å²) < 4.78 is 16.1. The molecule has 0 atom stereocenters. The Kier molecular flexibility index (Phi) is 3.58. The molecule has 0 spiro atoms. The van der Waals surface area contributed by atoms with Gasteiger partial charge < -0.3 is 14.8 Å². The third-order valence-electron chi connectivity index (χ3n) is 3.77. The van der Waals surface area contributed by atoms with Crippen molar-refractivity contribution >= 4 is 11.4 Å². The maximum atomic E-state index is 14.1. The molecule has 1 aliphatic rings. The Bertz CT molecular complexity index is 587. The monoisotopic (exact) mass is 274 g/mol. The van der Waals surface area contributed by atoms with Gasteiger partial charge in [0.25, 0.3) is 0 Å². The highest BCUT2D eigenvalue weighted by atomic mass is 19.1. The summed E-state index contributed by atoms with van der Waals surface area (Å²) in [6.07, 6.45) is 5.96. The van der Waals surface area contributed by atoms with Crippen molar-refractivity contribution in [2.75, 3.05) is 23.3 Å². The van der Waals surface area contributed by atoms with Crippen LogP contribution in [0.4, 0.5) is 15.8 Å². The Morgan fingerprint density at radius 2 is 2.10 bits per heavy atom. The molecule has 4 nitrogen and oxygen atoms in total. The number of nitrogens with zero attached hydrogens (tertiary/aromatic N) is 3. The summed E-state index contributed by atoms with van der Waals surface area (Å²) in [4.78, 5) is 6.34. The number of imidazole rings is 1. The van der Waals surface area contributed by atoms with Crippen LogP contribution in [0.2, 0.25) is 0 Å². The topological polar surface area (TPSA) is 33.1 Å². The summed E-state index contributed by atoms with van der Waals surface area (Å²) >= 11 is 0. The highest BCUT2D eigenvalue weighted by Gasteiger charge is 2.16. The SMILES string of the molecule is Cn1ccnc1CNc1ccc(N2CCCC2)c(F)c1. The van der Waals surface area contributed by atoms with Crippen LogP contribution in [0.1, 0.15) is 18.7 Å². The molecule has 0 saturated carbocycles. The van der Waals surface area contributed by atoms with Crippen LogP contribution in [-0.4, -0.2) is 22.6 Å². The van der Waals surface area contributed by atoms with E-state index in [4.69, 9.17) is 0 Å². The normalized spacial score (nSPS) is 14.8. The van der Waals surface area contributed by atoms with Crippen LogP contribution in [0.25, 0.3) is 0 Å². The van der Waals surface area contributed by atoms with Crippen molar-refractivity contribution < 1.29 is 4.39 Å². The lowest BCUT2D eigenvalue weighted by molar-refractivity contribution is 0.623. The second-order valence-electron chi connectivity index (χ2n) is 5.17. The van der Waals surface area contributed by atoms with Gasteiger partial charge in [-0.15, -0.1) is 0 Å². The molecule has 0 bridgehead atoms. The molecule has 106 valence electrons. The highest BCUT2D eigenvalue weighted by Crippen LogP contribution is 2.26. The van der Waals surface area contributed by atoms with Crippen LogP contribution in [-0.2, 0) is 13.6 Å². The van der Waals surface area contributed by atoms with Crippen LogP contribution in [0.5, 0.6) is 0 Å². The Labute approximate surface area is 118 Å². The standard InChI is InChI=1S/C15H19FN4/c1-19-9-6-17-15(19)11-18-12-4-5-14(13(16)10-12)20-7-2-3-8-20/h4-6,9-10,18H,2-3,7-8,11H2,1H3. The molecule has 1 saturated heterocycles. The third kappa shape index (κ3) is 2.61. The fraction of sp³-hybridized carbons (Fsp3) is 0.400. The maximum Gasteiger partial charge on any atom is 0.148 e. The number of aromatic nitrogens is 2. The van der Waals surface area contributed by atoms with Gasteiger partial charge in [-0.1, -0.05) is 0 Å². The van der Waals surface area contributed by atoms with E-state index in [-0.39, 0.29) is 5.82 Å². The first-order valence-electron chi connectivity index (χ1n) is 6.98. The fourth-order valence-electron chi connectivity index (χ4n) is 2.58. The molecule has 1 aromatic heterocycles. The van der Waals surface area contributed by atoms with Gasteiger partial charge in [-0.2, -0.15) is 0 Å². The Morgan fingerprint density at radius 3 is 2.75 bits per heavy atom. The molecule has 1 aliphatic heterocycles. The second kappa shape index (κ2) is 5.53. The minimum Gasteiger partial charge on any atom is -0.378 e. The van der Waals surface area contributed by atoms with Gasteiger partial charge in [-0.25, -0.2) is 9.37 Å². The Hall–Kier alpha value is -2.04. The van der Waals surface area contributed by atoms with Crippen molar-refractivity contribution in [1.82, 2.24) is 9.55 Å². The largest absolute Gasteiger partial charge is 0.378 e. The van der Waals surface area contributed by atoms with Crippen molar-refractivity contribution in [2.24, 2.45) is 7.05 Å². The van der Waals surface area contributed by atoms with Gasteiger partial charge in [0.05, 0.1) is 12.2 Å².